The molecule has 1 aromatic carbocycles. The normalized spacial score (nSPS) is 19.8. The van der Waals surface area contributed by atoms with Gasteiger partial charge in [0.15, 0.2) is 11.6 Å². The number of carbonyl (C=O) groups excluding carboxylic acids is 1. The Labute approximate surface area is 175 Å². The molecule has 1 heterocycles. The van der Waals surface area contributed by atoms with E-state index < -0.39 is 5.82 Å². The maximum atomic E-state index is 13.9. The average molecular weight is 414 g/mol. The standard InChI is InChI=1S/C23H27FN2O4/c1-14-9-17(14)13-29-20-7-8-25-23(30-12-15-3-4-15)21(20)22(27)26-11-16-5-6-19(28-2)18(24)10-16/h5-8,10,14-15,17H,3-4,9,11-13H2,1-2H3,(H,26,27). The number of ether oxygens (including phenoxy) is 3. The SMILES string of the molecule is COc1ccc(CNC(=O)c2c(OCC3CC3C)ccnc2OCC2CC2)cc1F. The molecule has 2 fully saturated rings. The highest BCUT2D eigenvalue weighted by atomic mass is 19.1. The molecule has 1 N–H and O–H groups in total. The van der Waals surface area contributed by atoms with Gasteiger partial charge in [0.05, 0.1) is 20.3 Å². The molecule has 2 aliphatic rings. The molecule has 1 aromatic heterocycles. The van der Waals surface area contributed by atoms with Crippen molar-refractivity contribution in [3.8, 4) is 17.4 Å². The van der Waals surface area contributed by atoms with Gasteiger partial charge in [-0.25, -0.2) is 9.37 Å². The van der Waals surface area contributed by atoms with Crippen LogP contribution in [0.5, 0.6) is 17.4 Å². The lowest BCUT2D eigenvalue weighted by atomic mass is 10.2. The van der Waals surface area contributed by atoms with E-state index in [0.29, 0.717) is 47.8 Å². The molecule has 0 radical (unpaired) electrons. The van der Waals surface area contributed by atoms with E-state index in [1.165, 1.54) is 19.2 Å². The number of methoxy groups -OCH3 is 1. The van der Waals surface area contributed by atoms with Gasteiger partial charge >= 0.3 is 0 Å². The molecule has 2 unspecified atom stereocenters. The minimum absolute atomic E-state index is 0.163. The highest BCUT2D eigenvalue weighted by molar-refractivity contribution is 5.99. The molecule has 2 aliphatic carbocycles. The second kappa shape index (κ2) is 8.90. The van der Waals surface area contributed by atoms with Crippen LogP contribution in [0.1, 0.15) is 42.1 Å². The zero-order valence-electron chi connectivity index (χ0n) is 17.3. The fourth-order valence-corrected chi connectivity index (χ4v) is 3.26. The van der Waals surface area contributed by atoms with Gasteiger partial charge in [0.1, 0.15) is 11.3 Å². The molecular formula is C23H27FN2O4. The molecule has 160 valence electrons. The topological polar surface area (TPSA) is 69.7 Å². The second-order valence-corrected chi connectivity index (χ2v) is 8.18. The Morgan fingerprint density at radius 2 is 2.00 bits per heavy atom. The monoisotopic (exact) mass is 414 g/mol. The van der Waals surface area contributed by atoms with Gasteiger partial charge in [-0.15, -0.1) is 0 Å². The van der Waals surface area contributed by atoms with E-state index in [1.54, 1.807) is 18.3 Å². The summed E-state index contributed by atoms with van der Waals surface area (Å²) >= 11 is 0. The van der Waals surface area contributed by atoms with Crippen molar-refractivity contribution in [3.05, 3.63) is 47.4 Å². The maximum absolute atomic E-state index is 13.9. The number of hydrogen-bond donors (Lipinski definition) is 1. The van der Waals surface area contributed by atoms with Crippen molar-refractivity contribution >= 4 is 5.91 Å². The van der Waals surface area contributed by atoms with Crippen molar-refractivity contribution in [1.29, 1.82) is 0 Å². The van der Waals surface area contributed by atoms with Crippen LogP contribution in [0.25, 0.3) is 0 Å². The third kappa shape index (κ3) is 5.01. The van der Waals surface area contributed by atoms with Crippen LogP contribution < -0.4 is 19.5 Å². The molecule has 2 aromatic rings. The summed E-state index contributed by atoms with van der Waals surface area (Å²) in [6.45, 7) is 3.46. The molecule has 0 spiro atoms. The summed E-state index contributed by atoms with van der Waals surface area (Å²) < 4.78 is 30.7. The summed E-state index contributed by atoms with van der Waals surface area (Å²) in [5, 5.41) is 2.83. The fourth-order valence-electron chi connectivity index (χ4n) is 3.26. The molecule has 1 amide bonds. The van der Waals surface area contributed by atoms with E-state index in [1.807, 2.05) is 0 Å². The number of rotatable bonds is 10. The van der Waals surface area contributed by atoms with E-state index in [9.17, 15) is 9.18 Å². The summed E-state index contributed by atoms with van der Waals surface area (Å²) in [6, 6.07) is 6.29. The Hall–Kier alpha value is -2.83. The van der Waals surface area contributed by atoms with Crippen molar-refractivity contribution in [1.82, 2.24) is 10.3 Å². The molecule has 2 saturated carbocycles. The van der Waals surface area contributed by atoms with E-state index >= 15 is 0 Å². The lowest BCUT2D eigenvalue weighted by Crippen LogP contribution is -2.25. The van der Waals surface area contributed by atoms with E-state index in [2.05, 4.69) is 17.2 Å². The minimum atomic E-state index is -0.471. The smallest absolute Gasteiger partial charge is 0.260 e. The summed E-state index contributed by atoms with van der Waals surface area (Å²) in [4.78, 5) is 17.3. The summed E-state index contributed by atoms with van der Waals surface area (Å²) in [7, 11) is 1.41. The quantitative estimate of drug-likeness (QED) is 0.637. The maximum Gasteiger partial charge on any atom is 0.260 e. The Kier molecular flexibility index (Phi) is 6.06. The number of carbonyl (C=O) groups is 1. The molecule has 4 rings (SSSR count). The van der Waals surface area contributed by atoms with E-state index in [0.717, 1.165) is 19.3 Å². The summed E-state index contributed by atoms with van der Waals surface area (Å²) in [5.41, 5.74) is 0.917. The molecular weight excluding hydrogens is 387 g/mol. The van der Waals surface area contributed by atoms with Crippen molar-refractivity contribution in [2.45, 2.75) is 32.7 Å². The van der Waals surface area contributed by atoms with Crippen molar-refractivity contribution in [2.75, 3.05) is 20.3 Å². The Balaban J connectivity index is 1.48. The van der Waals surface area contributed by atoms with Gasteiger partial charge in [0.25, 0.3) is 5.91 Å². The first-order chi connectivity index (χ1) is 14.5. The number of halogens is 1. The van der Waals surface area contributed by atoms with Crippen LogP contribution >= 0.6 is 0 Å². The number of pyridine rings is 1. The molecule has 0 aliphatic heterocycles. The number of amides is 1. The minimum Gasteiger partial charge on any atom is -0.494 e. The molecule has 30 heavy (non-hydrogen) atoms. The van der Waals surface area contributed by atoms with Crippen molar-refractivity contribution in [2.24, 2.45) is 17.8 Å². The fraction of sp³-hybridized carbons (Fsp3) is 0.478. The van der Waals surface area contributed by atoms with Gasteiger partial charge in [0, 0.05) is 12.7 Å². The van der Waals surface area contributed by atoms with Gasteiger partial charge in [-0.3, -0.25) is 4.79 Å². The Morgan fingerprint density at radius 1 is 1.20 bits per heavy atom. The van der Waals surface area contributed by atoms with Crippen LogP contribution in [0.3, 0.4) is 0 Å². The second-order valence-electron chi connectivity index (χ2n) is 8.18. The van der Waals surface area contributed by atoms with Crippen LogP contribution in [0.2, 0.25) is 0 Å². The zero-order chi connectivity index (χ0) is 21.1. The lowest BCUT2D eigenvalue weighted by Gasteiger charge is -2.15. The van der Waals surface area contributed by atoms with Crippen LogP contribution in [0.4, 0.5) is 4.39 Å². The predicted octanol–water partition coefficient (Wildman–Crippen LogP) is 3.98. The van der Waals surface area contributed by atoms with Gasteiger partial charge in [-0.2, -0.15) is 0 Å². The molecule has 7 heteroatoms. The highest BCUT2D eigenvalue weighted by Crippen LogP contribution is 2.39. The third-order valence-corrected chi connectivity index (χ3v) is 5.66. The molecule has 0 bridgehead atoms. The summed E-state index contributed by atoms with van der Waals surface area (Å²) in [5.74, 6) is 1.78. The van der Waals surface area contributed by atoms with Crippen LogP contribution in [-0.4, -0.2) is 31.2 Å². The average Bonchev–Trinajstić information content (AvgIpc) is 3.67. The molecule has 0 saturated heterocycles. The number of hydrogen-bond acceptors (Lipinski definition) is 5. The highest BCUT2D eigenvalue weighted by Gasteiger charge is 2.34. The van der Waals surface area contributed by atoms with Gasteiger partial charge in [-0.05, 0) is 60.8 Å². The molecule has 2 atom stereocenters. The van der Waals surface area contributed by atoms with Crippen molar-refractivity contribution in [3.63, 3.8) is 0 Å². The van der Waals surface area contributed by atoms with Crippen LogP contribution in [0.15, 0.2) is 30.5 Å². The predicted molar refractivity (Wildman–Crippen MR) is 109 cm³/mol. The van der Waals surface area contributed by atoms with Crippen molar-refractivity contribution < 1.29 is 23.4 Å². The number of nitrogens with zero attached hydrogens (tertiary/aromatic N) is 1. The molecule has 6 nitrogen and oxygen atoms in total. The Morgan fingerprint density at radius 3 is 2.67 bits per heavy atom. The van der Waals surface area contributed by atoms with Crippen LogP contribution in [-0.2, 0) is 6.54 Å². The van der Waals surface area contributed by atoms with Gasteiger partial charge < -0.3 is 19.5 Å². The van der Waals surface area contributed by atoms with E-state index in [4.69, 9.17) is 14.2 Å². The van der Waals surface area contributed by atoms with Crippen LogP contribution in [0, 0.1) is 23.6 Å². The largest absolute Gasteiger partial charge is 0.494 e. The Bertz CT molecular complexity index is 916. The number of benzene rings is 1. The first kappa shape index (κ1) is 20.4. The number of aromatic nitrogens is 1. The first-order valence-electron chi connectivity index (χ1n) is 10.4. The third-order valence-electron chi connectivity index (χ3n) is 5.66. The zero-order valence-corrected chi connectivity index (χ0v) is 17.3. The van der Waals surface area contributed by atoms with E-state index in [-0.39, 0.29) is 24.1 Å². The van der Waals surface area contributed by atoms with Gasteiger partial charge in [-0.1, -0.05) is 13.0 Å². The van der Waals surface area contributed by atoms with Gasteiger partial charge in [0.2, 0.25) is 5.88 Å². The summed E-state index contributed by atoms with van der Waals surface area (Å²) in [6.07, 6.45) is 5.02. The number of nitrogens with one attached hydrogen (secondary N) is 1. The first-order valence-corrected chi connectivity index (χ1v) is 10.4. The lowest BCUT2D eigenvalue weighted by molar-refractivity contribution is 0.0940.